The zero-order valence-electron chi connectivity index (χ0n) is 12.6. The van der Waals surface area contributed by atoms with Gasteiger partial charge in [0.15, 0.2) is 0 Å². The van der Waals surface area contributed by atoms with Crippen LogP contribution in [0, 0.1) is 5.92 Å². The molecule has 4 heteroatoms. The maximum Gasteiger partial charge on any atom is 0.0453 e. The van der Waals surface area contributed by atoms with E-state index >= 15 is 0 Å². The molecule has 0 saturated carbocycles. The molecule has 1 N–H and O–H groups in total. The van der Waals surface area contributed by atoms with Gasteiger partial charge in [-0.1, -0.05) is 50.0 Å². The summed E-state index contributed by atoms with van der Waals surface area (Å²) >= 11 is 14.5. The van der Waals surface area contributed by atoms with Crippen LogP contribution in [0.3, 0.4) is 0 Å². The molecule has 0 aliphatic heterocycles. The first kappa shape index (κ1) is 18.2. The minimum absolute atomic E-state index is 0.427. The van der Waals surface area contributed by atoms with E-state index in [-0.39, 0.29) is 0 Å². The highest BCUT2D eigenvalue weighted by atomic mass is 35.5. The van der Waals surface area contributed by atoms with Crippen LogP contribution in [0.1, 0.15) is 32.8 Å². The number of thioether (sulfide) groups is 1. The topological polar surface area (TPSA) is 12.0 Å². The maximum absolute atomic E-state index is 6.27. The predicted octanol–water partition coefficient (Wildman–Crippen LogP) is 5.29. The van der Waals surface area contributed by atoms with Crippen molar-refractivity contribution >= 4 is 35.0 Å². The number of hydrogen-bond donors (Lipinski definition) is 1. The lowest BCUT2D eigenvalue weighted by molar-refractivity contribution is 0.550. The molecule has 114 valence electrons. The normalized spacial score (nSPS) is 12.9. The average molecular weight is 334 g/mol. The molecule has 1 atom stereocenters. The number of rotatable bonds is 9. The van der Waals surface area contributed by atoms with Gasteiger partial charge in [0.05, 0.1) is 0 Å². The number of benzene rings is 1. The molecule has 0 amide bonds. The van der Waals surface area contributed by atoms with Gasteiger partial charge >= 0.3 is 0 Å². The fourth-order valence-corrected chi connectivity index (χ4v) is 3.64. The van der Waals surface area contributed by atoms with Gasteiger partial charge < -0.3 is 5.32 Å². The summed E-state index contributed by atoms with van der Waals surface area (Å²) < 4.78 is 0. The zero-order chi connectivity index (χ0) is 15.0. The van der Waals surface area contributed by atoms with E-state index in [9.17, 15) is 0 Å². The summed E-state index contributed by atoms with van der Waals surface area (Å²) in [5, 5.41) is 5.15. The fraction of sp³-hybridized carbons (Fsp3) is 0.625. The summed E-state index contributed by atoms with van der Waals surface area (Å²) in [5.41, 5.74) is 1.06. The van der Waals surface area contributed by atoms with Gasteiger partial charge in [0, 0.05) is 21.8 Å². The van der Waals surface area contributed by atoms with Crippen molar-refractivity contribution in [1.82, 2.24) is 5.32 Å². The Hall–Kier alpha value is 0.110. The van der Waals surface area contributed by atoms with Gasteiger partial charge in [0.25, 0.3) is 0 Å². The Morgan fingerprint density at radius 1 is 1.15 bits per heavy atom. The van der Waals surface area contributed by atoms with Crippen molar-refractivity contribution in [1.29, 1.82) is 0 Å². The molecule has 0 fully saturated rings. The highest BCUT2D eigenvalue weighted by Crippen LogP contribution is 2.26. The number of halogens is 2. The maximum atomic E-state index is 6.27. The standard InChI is InChI=1S/C16H25Cl2NS/c1-4-8-19-13(11-20-10-12(2)3)9-14-15(17)6-5-7-16(14)18/h5-7,12-13,19H,4,8-11H2,1-3H3. The van der Waals surface area contributed by atoms with Gasteiger partial charge in [0.2, 0.25) is 0 Å². The first-order valence-electron chi connectivity index (χ1n) is 7.28. The van der Waals surface area contributed by atoms with E-state index in [4.69, 9.17) is 23.2 Å². The second-order valence-corrected chi connectivity index (χ2v) is 7.38. The van der Waals surface area contributed by atoms with Crippen molar-refractivity contribution in [2.24, 2.45) is 5.92 Å². The first-order valence-corrected chi connectivity index (χ1v) is 9.19. The highest BCUT2D eigenvalue weighted by molar-refractivity contribution is 7.99. The Bertz CT molecular complexity index is 376. The third-order valence-electron chi connectivity index (χ3n) is 2.97. The van der Waals surface area contributed by atoms with Crippen molar-refractivity contribution in [3.8, 4) is 0 Å². The molecule has 0 aromatic heterocycles. The van der Waals surface area contributed by atoms with Crippen molar-refractivity contribution < 1.29 is 0 Å². The molecule has 0 radical (unpaired) electrons. The Kier molecular flexibility index (Phi) is 9.03. The van der Waals surface area contributed by atoms with Gasteiger partial charge in [-0.05, 0) is 48.8 Å². The Balaban J connectivity index is 2.63. The molecule has 0 aliphatic carbocycles. The van der Waals surface area contributed by atoms with E-state index in [1.807, 2.05) is 30.0 Å². The van der Waals surface area contributed by atoms with Gasteiger partial charge in [-0.3, -0.25) is 0 Å². The van der Waals surface area contributed by atoms with Crippen molar-refractivity contribution in [2.45, 2.75) is 39.7 Å². The number of nitrogens with one attached hydrogen (secondary N) is 1. The molecule has 0 spiro atoms. The fourth-order valence-electron chi connectivity index (χ4n) is 1.96. The Morgan fingerprint density at radius 2 is 1.80 bits per heavy atom. The van der Waals surface area contributed by atoms with E-state index in [1.54, 1.807) is 0 Å². The first-order chi connectivity index (χ1) is 9.54. The van der Waals surface area contributed by atoms with E-state index in [0.717, 1.165) is 46.7 Å². The summed E-state index contributed by atoms with van der Waals surface area (Å²) in [6.07, 6.45) is 2.03. The van der Waals surface area contributed by atoms with E-state index in [0.29, 0.717) is 6.04 Å². The molecule has 0 aliphatic rings. The molecule has 20 heavy (non-hydrogen) atoms. The van der Waals surface area contributed by atoms with E-state index < -0.39 is 0 Å². The average Bonchev–Trinajstić information content (AvgIpc) is 2.39. The van der Waals surface area contributed by atoms with Gasteiger partial charge in [0.1, 0.15) is 0 Å². The quantitative estimate of drug-likeness (QED) is 0.658. The Labute approximate surface area is 137 Å². The van der Waals surface area contributed by atoms with Gasteiger partial charge in [-0.25, -0.2) is 0 Å². The molecule has 1 aromatic carbocycles. The van der Waals surface area contributed by atoms with Crippen molar-refractivity contribution in [2.75, 3.05) is 18.1 Å². The molecule has 1 unspecified atom stereocenters. The van der Waals surface area contributed by atoms with Crippen LogP contribution in [0.4, 0.5) is 0 Å². The van der Waals surface area contributed by atoms with Gasteiger partial charge in [-0.2, -0.15) is 11.8 Å². The van der Waals surface area contributed by atoms with E-state index in [2.05, 4.69) is 26.1 Å². The largest absolute Gasteiger partial charge is 0.313 e. The van der Waals surface area contributed by atoms with Crippen LogP contribution in [0.15, 0.2) is 18.2 Å². The van der Waals surface area contributed by atoms with Crippen LogP contribution in [0.25, 0.3) is 0 Å². The lowest BCUT2D eigenvalue weighted by Crippen LogP contribution is -2.34. The third kappa shape index (κ3) is 6.71. The second-order valence-electron chi connectivity index (χ2n) is 5.49. The zero-order valence-corrected chi connectivity index (χ0v) is 14.9. The molecular weight excluding hydrogens is 309 g/mol. The van der Waals surface area contributed by atoms with E-state index in [1.165, 1.54) is 5.75 Å². The smallest absolute Gasteiger partial charge is 0.0453 e. The van der Waals surface area contributed by atoms with Crippen LogP contribution in [-0.4, -0.2) is 24.1 Å². The second kappa shape index (κ2) is 9.94. The van der Waals surface area contributed by atoms with Crippen molar-refractivity contribution in [3.63, 3.8) is 0 Å². The summed E-state index contributed by atoms with van der Waals surface area (Å²) in [6.45, 7) is 7.74. The van der Waals surface area contributed by atoms with Crippen LogP contribution < -0.4 is 5.32 Å². The Morgan fingerprint density at radius 3 is 2.35 bits per heavy atom. The summed E-state index contributed by atoms with van der Waals surface area (Å²) in [7, 11) is 0. The predicted molar refractivity (Wildman–Crippen MR) is 94.4 cm³/mol. The molecule has 0 heterocycles. The highest BCUT2D eigenvalue weighted by Gasteiger charge is 2.14. The molecule has 1 nitrogen and oxygen atoms in total. The SMILES string of the molecule is CCCNC(CSCC(C)C)Cc1c(Cl)cccc1Cl. The van der Waals surface area contributed by atoms with Crippen LogP contribution in [-0.2, 0) is 6.42 Å². The summed E-state index contributed by atoms with van der Waals surface area (Å²) in [6, 6.07) is 6.16. The molecule has 0 saturated heterocycles. The van der Waals surface area contributed by atoms with Crippen LogP contribution in [0.2, 0.25) is 10.0 Å². The van der Waals surface area contributed by atoms with Gasteiger partial charge in [-0.15, -0.1) is 0 Å². The van der Waals surface area contributed by atoms with Crippen LogP contribution in [0.5, 0.6) is 0 Å². The monoisotopic (exact) mass is 333 g/mol. The summed E-state index contributed by atoms with van der Waals surface area (Å²) in [4.78, 5) is 0. The third-order valence-corrected chi connectivity index (χ3v) is 5.21. The molecule has 1 aromatic rings. The minimum atomic E-state index is 0.427. The molecule has 1 rings (SSSR count). The lowest BCUT2D eigenvalue weighted by Gasteiger charge is -2.20. The lowest BCUT2D eigenvalue weighted by atomic mass is 10.1. The van der Waals surface area contributed by atoms with Crippen molar-refractivity contribution in [3.05, 3.63) is 33.8 Å². The van der Waals surface area contributed by atoms with Crippen LogP contribution >= 0.6 is 35.0 Å². The minimum Gasteiger partial charge on any atom is -0.313 e. The molecule has 0 bridgehead atoms. The molecular formula is C16H25Cl2NS. The number of hydrogen-bond acceptors (Lipinski definition) is 2. The summed E-state index contributed by atoms with van der Waals surface area (Å²) in [5.74, 6) is 3.02.